The topological polar surface area (TPSA) is 60.7 Å². The molecule has 3 heteroatoms. The Kier molecular flexibility index (Phi) is 4.23. The van der Waals surface area contributed by atoms with Crippen molar-refractivity contribution in [2.75, 3.05) is 6.61 Å². The molecule has 23 heavy (non-hydrogen) atoms. The molecule has 0 aromatic carbocycles. The van der Waals surface area contributed by atoms with Gasteiger partial charge < -0.3 is 15.3 Å². The molecule has 132 valence electrons. The summed E-state index contributed by atoms with van der Waals surface area (Å²) in [6, 6.07) is 0. The van der Waals surface area contributed by atoms with E-state index in [2.05, 4.69) is 33.8 Å². The molecule has 0 unspecified atom stereocenters. The van der Waals surface area contributed by atoms with Crippen LogP contribution in [0.1, 0.15) is 66.2 Å². The largest absolute Gasteiger partial charge is 0.394 e. The molecule has 3 N–H and O–H groups in total. The highest BCUT2D eigenvalue weighted by Crippen LogP contribution is 2.63. The summed E-state index contributed by atoms with van der Waals surface area (Å²) in [5.74, 6) is 1.15. The number of hydrogen-bond donors (Lipinski definition) is 3. The van der Waals surface area contributed by atoms with E-state index in [1.807, 2.05) is 0 Å². The fourth-order valence-corrected chi connectivity index (χ4v) is 6.42. The molecule has 6 atom stereocenters. The molecule has 0 aliphatic heterocycles. The monoisotopic (exact) mass is 322 g/mol. The first-order valence-corrected chi connectivity index (χ1v) is 9.28. The van der Waals surface area contributed by atoms with Gasteiger partial charge >= 0.3 is 0 Å². The third kappa shape index (κ3) is 2.69. The van der Waals surface area contributed by atoms with Crippen molar-refractivity contribution < 1.29 is 15.3 Å². The molecule has 3 rings (SSSR count). The Morgan fingerprint density at radius 2 is 1.91 bits per heavy atom. The lowest BCUT2D eigenvalue weighted by molar-refractivity contribution is -0.109. The smallest absolute Gasteiger partial charge is 0.0827 e. The number of aliphatic hydroxyl groups is 3. The van der Waals surface area contributed by atoms with Crippen LogP contribution >= 0.6 is 0 Å². The van der Waals surface area contributed by atoms with Gasteiger partial charge in [-0.1, -0.05) is 39.3 Å². The van der Waals surface area contributed by atoms with Crippen LogP contribution in [0.3, 0.4) is 0 Å². The first kappa shape index (κ1) is 17.4. The van der Waals surface area contributed by atoms with Crippen molar-refractivity contribution in [3.05, 3.63) is 11.6 Å². The summed E-state index contributed by atoms with van der Waals surface area (Å²) >= 11 is 0. The number of fused-ring (bicyclic) bond motifs is 3. The molecule has 0 heterocycles. The van der Waals surface area contributed by atoms with E-state index in [1.165, 1.54) is 5.57 Å². The van der Waals surface area contributed by atoms with Crippen LogP contribution in [0.4, 0.5) is 0 Å². The van der Waals surface area contributed by atoms with Crippen LogP contribution in [0.5, 0.6) is 0 Å². The van der Waals surface area contributed by atoms with Crippen LogP contribution in [-0.2, 0) is 0 Å². The standard InChI is InChI=1S/C20H34O3/c1-18(2)10-14(22)11-20(4)15-7-8-19(3,17(23)12-21)9-13(15)5-6-16(18)20/h5,14-17,21-23H,6-12H2,1-4H3/t14-,15-,16-,17-,19+,20+/m1/s1. The second-order valence-corrected chi connectivity index (χ2v) is 9.74. The molecule has 0 spiro atoms. The summed E-state index contributed by atoms with van der Waals surface area (Å²) in [5, 5.41) is 30.1. The van der Waals surface area contributed by atoms with Crippen LogP contribution in [0.2, 0.25) is 0 Å². The van der Waals surface area contributed by atoms with Gasteiger partial charge in [-0.3, -0.25) is 0 Å². The first-order chi connectivity index (χ1) is 10.6. The second-order valence-electron chi connectivity index (χ2n) is 9.74. The molecule has 0 aromatic rings. The van der Waals surface area contributed by atoms with Crippen molar-refractivity contribution >= 4 is 0 Å². The molecule has 0 radical (unpaired) electrons. The van der Waals surface area contributed by atoms with Crippen molar-refractivity contribution in [1.29, 1.82) is 0 Å². The van der Waals surface area contributed by atoms with E-state index in [9.17, 15) is 15.3 Å². The highest BCUT2D eigenvalue weighted by molar-refractivity contribution is 5.24. The van der Waals surface area contributed by atoms with Crippen molar-refractivity contribution in [1.82, 2.24) is 0 Å². The van der Waals surface area contributed by atoms with E-state index in [4.69, 9.17) is 0 Å². The number of rotatable bonds is 2. The molecular formula is C20H34O3. The van der Waals surface area contributed by atoms with Gasteiger partial charge in [0.15, 0.2) is 0 Å². The zero-order valence-electron chi connectivity index (χ0n) is 15.2. The van der Waals surface area contributed by atoms with E-state index >= 15 is 0 Å². The van der Waals surface area contributed by atoms with Crippen LogP contribution in [-0.4, -0.2) is 34.1 Å². The molecule has 3 nitrogen and oxygen atoms in total. The lowest BCUT2D eigenvalue weighted by Crippen LogP contribution is -2.54. The minimum atomic E-state index is -0.636. The van der Waals surface area contributed by atoms with Crippen LogP contribution in [0.15, 0.2) is 11.6 Å². The Morgan fingerprint density at radius 3 is 2.57 bits per heavy atom. The number of allylic oxidation sites excluding steroid dienone is 2. The Bertz CT molecular complexity index is 497. The maximum absolute atomic E-state index is 10.5. The Morgan fingerprint density at radius 1 is 1.22 bits per heavy atom. The minimum Gasteiger partial charge on any atom is -0.394 e. The van der Waals surface area contributed by atoms with Gasteiger partial charge in [-0.15, -0.1) is 0 Å². The normalized spacial score (nSPS) is 47.3. The van der Waals surface area contributed by atoms with Crippen molar-refractivity contribution in [3.63, 3.8) is 0 Å². The van der Waals surface area contributed by atoms with Crippen LogP contribution < -0.4 is 0 Å². The van der Waals surface area contributed by atoms with Crippen molar-refractivity contribution in [2.24, 2.45) is 28.1 Å². The average molecular weight is 322 g/mol. The fraction of sp³-hybridized carbons (Fsp3) is 0.900. The summed E-state index contributed by atoms with van der Waals surface area (Å²) in [4.78, 5) is 0. The molecule has 0 aromatic heterocycles. The second kappa shape index (κ2) is 5.57. The van der Waals surface area contributed by atoms with Gasteiger partial charge in [0.25, 0.3) is 0 Å². The Balaban J connectivity index is 1.91. The predicted octanol–water partition coefficient (Wildman–Crippen LogP) is 3.28. The highest BCUT2D eigenvalue weighted by atomic mass is 16.3. The van der Waals surface area contributed by atoms with Crippen molar-refractivity contribution in [3.8, 4) is 0 Å². The highest BCUT2D eigenvalue weighted by Gasteiger charge is 2.56. The SMILES string of the molecule is CC1(C)C[C@@H](O)C[C@@]2(C)[C@@H]3CC[C@](C)([C@H](O)CO)CC3=CC[C@H]12. The lowest BCUT2D eigenvalue weighted by Gasteiger charge is -2.60. The average Bonchev–Trinajstić information content (AvgIpc) is 2.43. The summed E-state index contributed by atoms with van der Waals surface area (Å²) in [5.41, 5.74) is 1.61. The Hall–Kier alpha value is -0.380. The third-order valence-corrected chi connectivity index (χ3v) is 7.63. The van der Waals surface area contributed by atoms with Gasteiger partial charge in [-0.25, -0.2) is 0 Å². The van der Waals surface area contributed by atoms with Crippen LogP contribution in [0, 0.1) is 28.1 Å². The van der Waals surface area contributed by atoms with E-state index < -0.39 is 6.10 Å². The lowest BCUT2D eigenvalue weighted by atomic mass is 9.45. The molecule has 3 aliphatic rings. The van der Waals surface area contributed by atoms with Crippen molar-refractivity contribution in [2.45, 2.75) is 78.4 Å². The molecule has 0 saturated heterocycles. The quantitative estimate of drug-likeness (QED) is 0.684. The minimum absolute atomic E-state index is 0.153. The first-order valence-electron chi connectivity index (χ1n) is 9.28. The summed E-state index contributed by atoms with van der Waals surface area (Å²) < 4.78 is 0. The molecule has 0 bridgehead atoms. The zero-order chi connectivity index (χ0) is 17.0. The molecule has 3 aliphatic carbocycles. The molecule has 2 fully saturated rings. The summed E-state index contributed by atoms with van der Waals surface area (Å²) in [6.07, 6.45) is 7.41. The fourth-order valence-electron chi connectivity index (χ4n) is 6.42. The number of hydrogen-bond acceptors (Lipinski definition) is 3. The van der Waals surface area contributed by atoms with Gasteiger partial charge in [-0.2, -0.15) is 0 Å². The Labute approximate surface area is 140 Å². The molecule has 2 saturated carbocycles. The van der Waals surface area contributed by atoms with Gasteiger partial charge in [0.1, 0.15) is 0 Å². The zero-order valence-corrected chi connectivity index (χ0v) is 15.2. The maximum Gasteiger partial charge on any atom is 0.0827 e. The predicted molar refractivity (Wildman–Crippen MR) is 91.9 cm³/mol. The van der Waals surface area contributed by atoms with Crippen LogP contribution in [0.25, 0.3) is 0 Å². The van der Waals surface area contributed by atoms with E-state index in [0.717, 1.165) is 38.5 Å². The van der Waals surface area contributed by atoms with E-state index in [0.29, 0.717) is 11.8 Å². The molecule has 0 amide bonds. The van der Waals surface area contributed by atoms with Gasteiger partial charge in [-0.05, 0) is 66.6 Å². The third-order valence-electron chi connectivity index (χ3n) is 7.63. The number of aliphatic hydroxyl groups excluding tert-OH is 3. The maximum atomic E-state index is 10.5. The molecular weight excluding hydrogens is 288 g/mol. The van der Waals surface area contributed by atoms with Gasteiger partial charge in [0.2, 0.25) is 0 Å². The summed E-state index contributed by atoms with van der Waals surface area (Å²) in [6.45, 7) is 8.99. The van der Waals surface area contributed by atoms with E-state index in [-0.39, 0.29) is 29.0 Å². The van der Waals surface area contributed by atoms with Gasteiger partial charge in [0.05, 0.1) is 18.8 Å². The van der Waals surface area contributed by atoms with Gasteiger partial charge in [0, 0.05) is 0 Å². The van der Waals surface area contributed by atoms with E-state index in [1.54, 1.807) is 0 Å². The summed E-state index contributed by atoms with van der Waals surface area (Å²) in [7, 11) is 0.